The van der Waals surface area contributed by atoms with Gasteiger partial charge in [-0.3, -0.25) is 9.59 Å². The molecule has 1 amide bonds. The van der Waals surface area contributed by atoms with Crippen LogP contribution in [-0.4, -0.2) is 33.5 Å². The number of nitrogens with one attached hydrogen (secondary N) is 2. The van der Waals surface area contributed by atoms with Crippen molar-refractivity contribution in [3.8, 4) is 0 Å². The number of aromatic amines is 1. The van der Waals surface area contributed by atoms with Gasteiger partial charge in [0.05, 0.1) is 5.01 Å². The second-order valence-electron chi connectivity index (χ2n) is 4.35. The number of carboxylic acids is 1. The van der Waals surface area contributed by atoms with Crippen molar-refractivity contribution in [1.29, 1.82) is 0 Å². The molecular formula is C13H13N3O4S. The van der Waals surface area contributed by atoms with Gasteiger partial charge in [0.15, 0.2) is 5.69 Å². The van der Waals surface area contributed by atoms with Gasteiger partial charge in [-0.05, 0) is 13.0 Å². The molecule has 0 aliphatic heterocycles. The molecule has 0 atom stereocenters. The van der Waals surface area contributed by atoms with E-state index in [-0.39, 0.29) is 17.2 Å². The van der Waals surface area contributed by atoms with Crippen molar-refractivity contribution in [2.45, 2.75) is 13.3 Å². The molecule has 2 rings (SSSR count). The minimum atomic E-state index is -1.07. The number of rotatable bonds is 5. The summed E-state index contributed by atoms with van der Waals surface area (Å²) >= 11 is 1.23. The smallest absolute Gasteiger partial charge is 0.355 e. The van der Waals surface area contributed by atoms with E-state index in [1.165, 1.54) is 22.8 Å². The Morgan fingerprint density at radius 3 is 2.81 bits per heavy atom. The third-order valence-corrected chi connectivity index (χ3v) is 3.55. The van der Waals surface area contributed by atoms with Crippen LogP contribution in [0.25, 0.3) is 0 Å². The molecule has 7 nitrogen and oxygen atoms in total. The molecule has 2 aromatic heterocycles. The molecule has 0 radical (unpaired) electrons. The van der Waals surface area contributed by atoms with Crippen molar-refractivity contribution in [3.05, 3.63) is 49.8 Å². The first kappa shape index (κ1) is 14.9. The zero-order chi connectivity index (χ0) is 15.4. The first-order chi connectivity index (χ1) is 9.95. The number of carbonyl (C=O) groups excluding carboxylic acids is 1. The average molecular weight is 307 g/mol. The maximum atomic E-state index is 11.9. The molecule has 0 aromatic carbocycles. The Morgan fingerprint density at radius 1 is 1.43 bits per heavy atom. The fourth-order valence-electron chi connectivity index (χ4n) is 1.72. The van der Waals surface area contributed by atoms with E-state index in [1.54, 1.807) is 13.0 Å². The van der Waals surface area contributed by atoms with Crippen molar-refractivity contribution in [2.24, 2.45) is 0 Å². The fourth-order valence-corrected chi connectivity index (χ4v) is 2.49. The number of hydrogen-bond donors (Lipinski definition) is 3. The van der Waals surface area contributed by atoms with Crippen LogP contribution in [0.1, 0.15) is 31.5 Å². The molecule has 0 fully saturated rings. The van der Waals surface area contributed by atoms with Gasteiger partial charge in [0, 0.05) is 35.7 Å². The summed E-state index contributed by atoms with van der Waals surface area (Å²) in [5, 5.41) is 13.5. The molecule has 0 saturated heterocycles. The standard InChI is InChI=1S/C13H13N3O4S/c1-7-4-8(5-10(17)15-7)12(18)14-3-2-11-16-9(6-21-11)13(19)20/h4-6H,2-3H2,1H3,(H,14,18)(H,15,17)(H,19,20). The van der Waals surface area contributed by atoms with Gasteiger partial charge < -0.3 is 15.4 Å². The van der Waals surface area contributed by atoms with Gasteiger partial charge in [-0.2, -0.15) is 0 Å². The molecule has 110 valence electrons. The number of H-pyrrole nitrogens is 1. The van der Waals surface area contributed by atoms with Gasteiger partial charge in [0.1, 0.15) is 0 Å². The third-order valence-electron chi connectivity index (χ3n) is 2.64. The van der Waals surface area contributed by atoms with Gasteiger partial charge in [-0.25, -0.2) is 9.78 Å². The van der Waals surface area contributed by atoms with Gasteiger partial charge in [-0.1, -0.05) is 0 Å². The number of hydrogen-bond acceptors (Lipinski definition) is 5. The number of aryl methyl sites for hydroxylation is 1. The molecule has 2 aromatic rings. The van der Waals surface area contributed by atoms with E-state index < -0.39 is 5.97 Å². The maximum Gasteiger partial charge on any atom is 0.355 e. The average Bonchev–Trinajstić information content (AvgIpc) is 2.86. The lowest BCUT2D eigenvalue weighted by atomic mass is 10.2. The van der Waals surface area contributed by atoms with Crippen LogP contribution in [0.15, 0.2) is 22.3 Å². The highest BCUT2D eigenvalue weighted by Gasteiger charge is 2.10. The van der Waals surface area contributed by atoms with Crippen LogP contribution in [0, 0.1) is 6.92 Å². The Morgan fingerprint density at radius 2 is 2.19 bits per heavy atom. The molecular weight excluding hydrogens is 294 g/mol. The minimum absolute atomic E-state index is 0.00606. The number of carboxylic acid groups (broad SMARTS) is 1. The van der Waals surface area contributed by atoms with Gasteiger partial charge in [0.2, 0.25) is 5.56 Å². The summed E-state index contributed by atoms with van der Waals surface area (Å²) in [7, 11) is 0. The highest BCUT2D eigenvalue weighted by atomic mass is 32.1. The van der Waals surface area contributed by atoms with Crippen LogP contribution in [0.3, 0.4) is 0 Å². The Hall–Kier alpha value is -2.48. The molecule has 0 aliphatic carbocycles. The summed E-state index contributed by atoms with van der Waals surface area (Å²) in [6.45, 7) is 2.01. The SMILES string of the molecule is Cc1cc(C(=O)NCCc2nc(C(=O)O)cs2)cc(=O)[nH]1. The molecule has 0 aliphatic rings. The molecule has 8 heteroatoms. The molecule has 0 unspecified atom stereocenters. The molecule has 0 spiro atoms. The van der Waals surface area contributed by atoms with Crippen molar-refractivity contribution in [1.82, 2.24) is 15.3 Å². The summed E-state index contributed by atoms with van der Waals surface area (Å²) in [6, 6.07) is 2.82. The van der Waals surface area contributed by atoms with Crippen molar-refractivity contribution < 1.29 is 14.7 Å². The molecule has 0 saturated carbocycles. The molecule has 0 bridgehead atoms. The fraction of sp³-hybridized carbons (Fsp3) is 0.231. The van der Waals surface area contributed by atoms with Crippen molar-refractivity contribution in [2.75, 3.05) is 6.54 Å². The number of nitrogens with zero attached hydrogens (tertiary/aromatic N) is 1. The Balaban J connectivity index is 1.91. The largest absolute Gasteiger partial charge is 0.476 e. The van der Waals surface area contributed by atoms with E-state index in [4.69, 9.17) is 5.11 Å². The van der Waals surface area contributed by atoms with Crippen LogP contribution in [0.5, 0.6) is 0 Å². The Kier molecular flexibility index (Phi) is 4.49. The number of thiazole rings is 1. The predicted octanol–water partition coefficient (Wildman–Crippen LogP) is 0.811. The number of amides is 1. The highest BCUT2D eigenvalue weighted by molar-refractivity contribution is 7.09. The van der Waals surface area contributed by atoms with Crippen LogP contribution in [0.4, 0.5) is 0 Å². The molecule has 2 heterocycles. The zero-order valence-corrected chi connectivity index (χ0v) is 12.0. The topological polar surface area (TPSA) is 112 Å². The lowest BCUT2D eigenvalue weighted by molar-refractivity contribution is 0.0690. The number of aromatic nitrogens is 2. The van der Waals surface area contributed by atoms with E-state index in [1.807, 2.05) is 0 Å². The highest BCUT2D eigenvalue weighted by Crippen LogP contribution is 2.10. The summed E-state index contributed by atoms with van der Waals surface area (Å²) in [4.78, 5) is 40.3. The van der Waals surface area contributed by atoms with Crippen LogP contribution in [0.2, 0.25) is 0 Å². The minimum Gasteiger partial charge on any atom is -0.476 e. The quantitative estimate of drug-likeness (QED) is 0.756. The monoisotopic (exact) mass is 307 g/mol. The Bertz CT molecular complexity index is 735. The molecule has 3 N–H and O–H groups in total. The number of aromatic carboxylic acids is 1. The number of carbonyl (C=O) groups is 2. The second-order valence-corrected chi connectivity index (χ2v) is 5.30. The maximum absolute atomic E-state index is 11.9. The zero-order valence-electron chi connectivity index (χ0n) is 11.2. The van der Waals surface area contributed by atoms with Gasteiger partial charge >= 0.3 is 5.97 Å². The lowest BCUT2D eigenvalue weighted by Gasteiger charge is -2.04. The van der Waals surface area contributed by atoms with E-state index >= 15 is 0 Å². The predicted molar refractivity (Wildman–Crippen MR) is 76.9 cm³/mol. The Labute approximate surface area is 123 Å². The first-order valence-corrected chi connectivity index (χ1v) is 7.00. The van der Waals surface area contributed by atoms with E-state index in [2.05, 4.69) is 15.3 Å². The van der Waals surface area contributed by atoms with E-state index in [0.29, 0.717) is 29.2 Å². The van der Waals surface area contributed by atoms with Crippen LogP contribution < -0.4 is 10.9 Å². The summed E-state index contributed by atoms with van der Waals surface area (Å²) in [6.07, 6.45) is 0.436. The lowest BCUT2D eigenvalue weighted by Crippen LogP contribution is -2.27. The van der Waals surface area contributed by atoms with E-state index in [9.17, 15) is 14.4 Å². The van der Waals surface area contributed by atoms with Crippen molar-refractivity contribution >= 4 is 23.2 Å². The third kappa shape index (κ3) is 3.99. The van der Waals surface area contributed by atoms with Gasteiger partial charge in [0.25, 0.3) is 5.91 Å². The van der Waals surface area contributed by atoms with E-state index in [0.717, 1.165) is 0 Å². The number of pyridine rings is 1. The summed E-state index contributed by atoms with van der Waals surface area (Å²) in [5.74, 6) is -1.42. The summed E-state index contributed by atoms with van der Waals surface area (Å²) in [5.41, 5.74) is 0.581. The second kappa shape index (κ2) is 6.31. The van der Waals surface area contributed by atoms with Crippen LogP contribution >= 0.6 is 11.3 Å². The molecule has 21 heavy (non-hydrogen) atoms. The summed E-state index contributed by atoms with van der Waals surface area (Å²) < 4.78 is 0. The van der Waals surface area contributed by atoms with Crippen molar-refractivity contribution in [3.63, 3.8) is 0 Å². The van der Waals surface area contributed by atoms with Crippen LogP contribution in [-0.2, 0) is 6.42 Å². The first-order valence-electron chi connectivity index (χ1n) is 6.12. The van der Waals surface area contributed by atoms with Gasteiger partial charge in [-0.15, -0.1) is 11.3 Å². The normalized spacial score (nSPS) is 10.3.